The Bertz CT molecular complexity index is 1200. The van der Waals surface area contributed by atoms with Crippen LogP contribution in [0.5, 0.6) is 0 Å². The van der Waals surface area contributed by atoms with Gasteiger partial charge in [0.2, 0.25) is 5.91 Å². The lowest BCUT2D eigenvalue weighted by molar-refractivity contribution is -0.120. The highest BCUT2D eigenvalue weighted by atomic mass is 19.1. The van der Waals surface area contributed by atoms with Crippen molar-refractivity contribution in [3.05, 3.63) is 81.4 Å². The van der Waals surface area contributed by atoms with Crippen LogP contribution in [0.1, 0.15) is 29.5 Å². The molecule has 2 heterocycles. The van der Waals surface area contributed by atoms with Gasteiger partial charge in [-0.3, -0.25) is 9.59 Å². The first-order valence-corrected chi connectivity index (χ1v) is 10.8. The number of aryl methyl sites for hydroxylation is 3. The molecule has 1 aromatic heterocycles. The maximum absolute atomic E-state index is 13.6. The Morgan fingerprint density at radius 1 is 1.09 bits per heavy atom. The number of benzene rings is 2. The smallest absolute Gasteiger partial charge is 0.271 e. The zero-order valence-electron chi connectivity index (χ0n) is 18.6. The normalized spacial score (nSPS) is 16.1. The summed E-state index contributed by atoms with van der Waals surface area (Å²) in [7, 11) is 0. The average molecular weight is 435 g/mol. The van der Waals surface area contributed by atoms with E-state index in [1.54, 1.807) is 18.2 Å². The molecule has 4 rings (SSSR count). The van der Waals surface area contributed by atoms with Gasteiger partial charge in [0.05, 0.1) is 11.6 Å². The van der Waals surface area contributed by atoms with Gasteiger partial charge in [0, 0.05) is 24.8 Å². The largest absolute Gasteiger partial charge is 0.354 e. The molecule has 0 aliphatic carbocycles. The molecule has 1 atom stereocenters. The minimum atomic E-state index is -0.432. The molecule has 6 nitrogen and oxygen atoms in total. The Balaban J connectivity index is 1.54. The molecule has 0 saturated carbocycles. The number of hydrogen-bond donors (Lipinski definition) is 1. The lowest BCUT2D eigenvalue weighted by atomic mass is 9.96. The summed E-state index contributed by atoms with van der Waals surface area (Å²) in [6.07, 6.45) is 1.63. The van der Waals surface area contributed by atoms with Crippen LogP contribution in [0.2, 0.25) is 0 Å². The number of rotatable bonds is 4. The Hall–Kier alpha value is -3.48. The summed E-state index contributed by atoms with van der Waals surface area (Å²) in [5, 5.41) is 7.57. The third-order valence-corrected chi connectivity index (χ3v) is 5.88. The molecule has 7 heteroatoms. The zero-order valence-corrected chi connectivity index (χ0v) is 18.6. The van der Waals surface area contributed by atoms with E-state index in [0.717, 1.165) is 36.2 Å². The van der Waals surface area contributed by atoms with Crippen molar-refractivity contribution in [3.8, 4) is 5.69 Å². The number of nitrogens with zero attached hydrogens (tertiary/aromatic N) is 3. The van der Waals surface area contributed by atoms with E-state index in [1.165, 1.54) is 28.4 Å². The molecule has 32 heavy (non-hydrogen) atoms. The summed E-state index contributed by atoms with van der Waals surface area (Å²) >= 11 is 0. The van der Waals surface area contributed by atoms with Crippen LogP contribution in [0, 0.1) is 32.5 Å². The molecule has 1 amide bonds. The minimum absolute atomic E-state index is 0.0109. The maximum Gasteiger partial charge on any atom is 0.271 e. The van der Waals surface area contributed by atoms with Gasteiger partial charge in [-0.05, 0) is 69.0 Å². The van der Waals surface area contributed by atoms with Gasteiger partial charge in [-0.15, -0.1) is 5.10 Å². The monoisotopic (exact) mass is 434 g/mol. The Morgan fingerprint density at radius 3 is 2.56 bits per heavy atom. The average Bonchev–Trinajstić information content (AvgIpc) is 2.76. The fraction of sp³-hybridized carbons (Fsp3) is 0.320. The number of amides is 1. The molecule has 166 valence electrons. The molecule has 1 aliphatic rings. The molecular formula is C25H27FN4O2. The van der Waals surface area contributed by atoms with Crippen LogP contribution in [0.15, 0.2) is 53.3 Å². The van der Waals surface area contributed by atoms with E-state index in [1.807, 2.05) is 25.7 Å². The first kappa shape index (κ1) is 21.7. The van der Waals surface area contributed by atoms with Gasteiger partial charge in [0.25, 0.3) is 5.56 Å². The fourth-order valence-electron chi connectivity index (χ4n) is 4.36. The van der Waals surface area contributed by atoms with Gasteiger partial charge in [-0.2, -0.15) is 4.68 Å². The summed E-state index contributed by atoms with van der Waals surface area (Å²) in [5.41, 5.74) is 4.17. The van der Waals surface area contributed by atoms with Crippen LogP contribution in [0.4, 0.5) is 15.9 Å². The van der Waals surface area contributed by atoms with Crippen LogP contribution in [0.3, 0.4) is 0 Å². The third kappa shape index (κ3) is 4.56. The van der Waals surface area contributed by atoms with Gasteiger partial charge in [-0.1, -0.05) is 23.8 Å². The molecule has 1 fully saturated rings. The fourth-order valence-corrected chi connectivity index (χ4v) is 4.36. The van der Waals surface area contributed by atoms with Crippen LogP contribution in [-0.4, -0.2) is 28.8 Å². The number of carbonyl (C=O) groups is 1. The Labute approximate surface area is 186 Å². The molecule has 0 radical (unpaired) electrons. The van der Waals surface area contributed by atoms with Gasteiger partial charge in [-0.25, -0.2) is 4.39 Å². The van der Waals surface area contributed by atoms with Crippen molar-refractivity contribution >= 4 is 17.4 Å². The molecule has 3 aromatic rings. The van der Waals surface area contributed by atoms with Gasteiger partial charge >= 0.3 is 0 Å². The van der Waals surface area contributed by atoms with E-state index in [9.17, 15) is 14.0 Å². The SMILES string of the molecule is Cc1cc(C)c(NC(=O)[C@H]2CCCN(c3ccc(=O)n(-c4cccc(F)c4)n3)C2)c(C)c1. The van der Waals surface area contributed by atoms with E-state index in [2.05, 4.69) is 22.5 Å². The highest BCUT2D eigenvalue weighted by Crippen LogP contribution is 2.26. The van der Waals surface area contributed by atoms with Crippen molar-refractivity contribution in [2.75, 3.05) is 23.3 Å². The number of piperidine rings is 1. The van der Waals surface area contributed by atoms with Gasteiger partial charge in [0.15, 0.2) is 0 Å². The number of halogens is 1. The highest BCUT2D eigenvalue weighted by molar-refractivity contribution is 5.94. The molecule has 1 saturated heterocycles. The third-order valence-electron chi connectivity index (χ3n) is 5.88. The molecule has 0 spiro atoms. The Morgan fingerprint density at radius 2 is 1.84 bits per heavy atom. The summed E-state index contributed by atoms with van der Waals surface area (Å²) in [4.78, 5) is 27.4. The standard InChI is InChI=1S/C25H27FN4O2/c1-16-12-17(2)24(18(3)13-16)27-25(32)19-6-5-11-29(15-19)22-9-10-23(31)30(28-22)21-8-4-7-20(26)14-21/h4,7-10,12-14,19H,5-6,11,15H2,1-3H3,(H,27,32)/t19-/m0/s1. The maximum atomic E-state index is 13.6. The number of nitrogens with one attached hydrogen (secondary N) is 1. The van der Waals surface area contributed by atoms with Crippen LogP contribution in [0.25, 0.3) is 5.69 Å². The molecule has 1 N–H and O–H groups in total. The summed E-state index contributed by atoms with van der Waals surface area (Å²) < 4.78 is 14.8. The van der Waals surface area contributed by atoms with Crippen molar-refractivity contribution in [3.63, 3.8) is 0 Å². The molecule has 0 unspecified atom stereocenters. The first-order chi connectivity index (χ1) is 15.3. The van der Waals surface area contributed by atoms with E-state index in [-0.39, 0.29) is 17.4 Å². The van der Waals surface area contributed by atoms with Crippen LogP contribution < -0.4 is 15.8 Å². The number of anilines is 2. The number of carbonyl (C=O) groups excluding carboxylic acids is 1. The van der Waals surface area contributed by atoms with Gasteiger partial charge < -0.3 is 10.2 Å². The second-order valence-corrected chi connectivity index (χ2v) is 8.47. The van der Waals surface area contributed by atoms with Crippen LogP contribution in [-0.2, 0) is 4.79 Å². The van der Waals surface area contributed by atoms with Crippen molar-refractivity contribution in [2.45, 2.75) is 33.6 Å². The van der Waals surface area contributed by atoms with Crippen molar-refractivity contribution in [1.29, 1.82) is 0 Å². The second-order valence-electron chi connectivity index (χ2n) is 8.47. The topological polar surface area (TPSA) is 67.2 Å². The highest BCUT2D eigenvalue weighted by Gasteiger charge is 2.27. The molecule has 2 aromatic carbocycles. The van der Waals surface area contributed by atoms with Gasteiger partial charge in [0.1, 0.15) is 11.6 Å². The predicted molar refractivity (Wildman–Crippen MR) is 124 cm³/mol. The first-order valence-electron chi connectivity index (χ1n) is 10.8. The predicted octanol–water partition coefficient (Wildman–Crippen LogP) is 4.15. The number of hydrogen-bond acceptors (Lipinski definition) is 4. The number of aromatic nitrogens is 2. The van der Waals surface area contributed by atoms with E-state index in [4.69, 9.17) is 0 Å². The molecular weight excluding hydrogens is 407 g/mol. The van der Waals surface area contributed by atoms with E-state index in [0.29, 0.717) is 18.1 Å². The van der Waals surface area contributed by atoms with E-state index >= 15 is 0 Å². The van der Waals surface area contributed by atoms with Crippen LogP contribution >= 0.6 is 0 Å². The second kappa shape index (κ2) is 8.94. The zero-order chi connectivity index (χ0) is 22.8. The molecule has 1 aliphatic heterocycles. The Kier molecular flexibility index (Phi) is 6.08. The summed E-state index contributed by atoms with van der Waals surface area (Å²) in [5.74, 6) is -0.0459. The summed E-state index contributed by atoms with van der Waals surface area (Å²) in [6, 6.07) is 13.0. The van der Waals surface area contributed by atoms with E-state index < -0.39 is 5.82 Å². The lowest BCUT2D eigenvalue weighted by Crippen LogP contribution is -2.42. The minimum Gasteiger partial charge on any atom is -0.354 e. The van der Waals surface area contributed by atoms with Crippen molar-refractivity contribution in [1.82, 2.24) is 9.78 Å². The van der Waals surface area contributed by atoms with Crippen molar-refractivity contribution < 1.29 is 9.18 Å². The van der Waals surface area contributed by atoms with Crippen molar-refractivity contribution in [2.24, 2.45) is 5.92 Å². The lowest BCUT2D eigenvalue weighted by Gasteiger charge is -2.33. The summed E-state index contributed by atoms with van der Waals surface area (Å²) in [6.45, 7) is 7.29. The molecule has 0 bridgehead atoms. The quantitative estimate of drug-likeness (QED) is 0.670.